The van der Waals surface area contributed by atoms with Gasteiger partial charge in [0.05, 0.1) is 31.6 Å². The van der Waals surface area contributed by atoms with Crippen LogP contribution < -0.4 is 5.32 Å². The van der Waals surface area contributed by atoms with Gasteiger partial charge >= 0.3 is 6.03 Å². The van der Waals surface area contributed by atoms with Gasteiger partial charge < -0.3 is 19.3 Å². The number of nitrogens with zero attached hydrogens (tertiary/aromatic N) is 2. The highest BCUT2D eigenvalue weighted by molar-refractivity contribution is 5.87. The zero-order valence-corrected chi connectivity index (χ0v) is 13.2. The fraction of sp³-hybridized carbons (Fsp3) is 0.375. The number of hydrogen-bond acceptors (Lipinski definition) is 5. The van der Waals surface area contributed by atoms with E-state index in [4.69, 9.17) is 9.26 Å². The van der Waals surface area contributed by atoms with Crippen molar-refractivity contribution in [1.82, 2.24) is 10.1 Å². The van der Waals surface area contributed by atoms with Crippen LogP contribution in [0.25, 0.3) is 0 Å². The van der Waals surface area contributed by atoms with Gasteiger partial charge in [0.2, 0.25) is 5.88 Å². The lowest BCUT2D eigenvalue weighted by Crippen LogP contribution is -2.38. The minimum atomic E-state index is -0.772. The van der Waals surface area contributed by atoms with Gasteiger partial charge in [-0.1, -0.05) is 35.5 Å². The Morgan fingerprint density at radius 3 is 2.83 bits per heavy atom. The van der Waals surface area contributed by atoms with Gasteiger partial charge in [0.1, 0.15) is 0 Å². The van der Waals surface area contributed by atoms with Crippen LogP contribution in [0.2, 0.25) is 0 Å². The van der Waals surface area contributed by atoms with Crippen molar-refractivity contribution in [2.24, 2.45) is 0 Å². The molecule has 0 aliphatic rings. The number of rotatable bonds is 7. The number of aromatic nitrogens is 1. The number of urea groups is 1. The first kappa shape index (κ1) is 17.0. The molecule has 2 amide bonds. The summed E-state index contributed by atoms with van der Waals surface area (Å²) in [6.45, 7) is 2.48. The predicted octanol–water partition coefficient (Wildman–Crippen LogP) is 2.02. The number of aryl methyl sites for hydroxylation is 1. The molecule has 1 aromatic carbocycles. The summed E-state index contributed by atoms with van der Waals surface area (Å²) in [5.74, 6) is 0.272. The SMILES string of the molecule is Cc1cc(NC(=O)N(C)C[C@@H](O)COCc2ccccc2)on1. The van der Waals surface area contributed by atoms with Crippen LogP contribution in [0.1, 0.15) is 11.3 Å². The fourth-order valence-corrected chi connectivity index (χ4v) is 1.96. The highest BCUT2D eigenvalue weighted by Gasteiger charge is 2.15. The molecule has 23 heavy (non-hydrogen) atoms. The van der Waals surface area contributed by atoms with Crippen LogP contribution in [0.4, 0.5) is 10.7 Å². The fourth-order valence-electron chi connectivity index (χ4n) is 1.96. The van der Waals surface area contributed by atoms with Crippen LogP contribution in [0.3, 0.4) is 0 Å². The van der Waals surface area contributed by atoms with Crippen LogP contribution in [0.15, 0.2) is 40.9 Å². The van der Waals surface area contributed by atoms with Gasteiger partial charge in [0, 0.05) is 13.1 Å². The van der Waals surface area contributed by atoms with Crippen molar-refractivity contribution in [1.29, 1.82) is 0 Å². The number of hydrogen-bond donors (Lipinski definition) is 2. The molecule has 0 aliphatic heterocycles. The average molecular weight is 319 g/mol. The van der Waals surface area contributed by atoms with E-state index in [1.54, 1.807) is 20.0 Å². The Labute approximate surface area is 134 Å². The van der Waals surface area contributed by atoms with Crippen molar-refractivity contribution in [3.8, 4) is 0 Å². The quantitative estimate of drug-likeness (QED) is 0.815. The first-order chi connectivity index (χ1) is 11.0. The lowest BCUT2D eigenvalue weighted by Gasteiger charge is -2.20. The molecule has 0 fully saturated rings. The van der Waals surface area contributed by atoms with Gasteiger partial charge in [-0.15, -0.1) is 0 Å². The number of aliphatic hydroxyl groups excluding tert-OH is 1. The van der Waals surface area contributed by atoms with E-state index in [-0.39, 0.29) is 25.1 Å². The van der Waals surface area contributed by atoms with Crippen molar-refractivity contribution < 1.29 is 19.2 Å². The van der Waals surface area contributed by atoms with Crippen LogP contribution in [0.5, 0.6) is 0 Å². The molecule has 2 rings (SSSR count). The maximum Gasteiger partial charge on any atom is 0.324 e. The highest BCUT2D eigenvalue weighted by atomic mass is 16.5. The number of carbonyl (C=O) groups excluding carboxylic acids is 1. The molecular weight excluding hydrogens is 298 g/mol. The van der Waals surface area contributed by atoms with Crippen LogP contribution in [0, 0.1) is 6.92 Å². The monoisotopic (exact) mass is 319 g/mol. The molecule has 0 saturated carbocycles. The lowest BCUT2D eigenvalue weighted by molar-refractivity contribution is 0.0188. The third-order valence-corrected chi connectivity index (χ3v) is 3.11. The number of benzene rings is 1. The van der Waals surface area contributed by atoms with E-state index in [1.807, 2.05) is 30.3 Å². The second kappa shape index (κ2) is 8.30. The molecule has 124 valence electrons. The smallest absolute Gasteiger partial charge is 0.324 e. The topological polar surface area (TPSA) is 87.8 Å². The molecule has 7 heteroatoms. The molecule has 1 heterocycles. The summed E-state index contributed by atoms with van der Waals surface area (Å²) in [6, 6.07) is 10.9. The number of anilines is 1. The van der Waals surface area contributed by atoms with E-state index >= 15 is 0 Å². The van der Waals surface area contributed by atoms with Crippen molar-refractivity contribution in [2.45, 2.75) is 19.6 Å². The van der Waals surface area contributed by atoms with Gasteiger partial charge in [0.15, 0.2) is 0 Å². The van der Waals surface area contributed by atoms with Gasteiger partial charge in [-0.3, -0.25) is 5.32 Å². The molecule has 0 saturated heterocycles. The number of ether oxygens (including phenoxy) is 1. The van der Waals surface area contributed by atoms with Gasteiger partial charge in [-0.05, 0) is 12.5 Å². The molecule has 1 aromatic heterocycles. The molecule has 0 radical (unpaired) electrons. The van der Waals surface area contributed by atoms with Crippen LogP contribution in [-0.2, 0) is 11.3 Å². The zero-order valence-electron chi connectivity index (χ0n) is 13.2. The third-order valence-electron chi connectivity index (χ3n) is 3.11. The van der Waals surface area contributed by atoms with Gasteiger partial charge in [0.25, 0.3) is 0 Å². The summed E-state index contributed by atoms with van der Waals surface area (Å²) >= 11 is 0. The normalized spacial score (nSPS) is 12.0. The molecule has 0 aliphatic carbocycles. The minimum Gasteiger partial charge on any atom is -0.389 e. The Bertz CT molecular complexity index is 615. The Morgan fingerprint density at radius 1 is 1.43 bits per heavy atom. The van der Waals surface area contributed by atoms with Crippen molar-refractivity contribution in [2.75, 3.05) is 25.5 Å². The van der Waals surface area contributed by atoms with Crippen LogP contribution in [-0.4, -0.2) is 47.5 Å². The predicted molar refractivity (Wildman–Crippen MR) is 85.0 cm³/mol. The molecule has 0 unspecified atom stereocenters. The summed E-state index contributed by atoms with van der Waals surface area (Å²) in [5, 5.41) is 16.2. The van der Waals surface area contributed by atoms with E-state index in [0.29, 0.717) is 12.3 Å². The molecule has 0 bridgehead atoms. The first-order valence-electron chi connectivity index (χ1n) is 7.30. The number of carbonyl (C=O) groups is 1. The number of aliphatic hydroxyl groups is 1. The van der Waals surface area contributed by atoms with E-state index in [2.05, 4.69) is 10.5 Å². The summed E-state index contributed by atoms with van der Waals surface area (Å²) in [5.41, 5.74) is 1.71. The lowest BCUT2D eigenvalue weighted by atomic mass is 10.2. The Balaban J connectivity index is 1.69. The molecule has 2 N–H and O–H groups in total. The molecular formula is C16H21N3O4. The Morgan fingerprint density at radius 2 is 2.17 bits per heavy atom. The second-order valence-electron chi connectivity index (χ2n) is 5.30. The largest absolute Gasteiger partial charge is 0.389 e. The minimum absolute atomic E-state index is 0.147. The molecule has 1 atom stereocenters. The summed E-state index contributed by atoms with van der Waals surface area (Å²) < 4.78 is 10.4. The summed E-state index contributed by atoms with van der Waals surface area (Å²) in [7, 11) is 1.58. The maximum absolute atomic E-state index is 11.9. The number of nitrogens with one attached hydrogen (secondary N) is 1. The second-order valence-corrected chi connectivity index (χ2v) is 5.30. The maximum atomic E-state index is 11.9. The van der Waals surface area contributed by atoms with E-state index in [9.17, 15) is 9.90 Å². The van der Waals surface area contributed by atoms with E-state index < -0.39 is 6.10 Å². The highest BCUT2D eigenvalue weighted by Crippen LogP contribution is 2.09. The van der Waals surface area contributed by atoms with Gasteiger partial charge in [-0.2, -0.15) is 0 Å². The number of amides is 2. The zero-order chi connectivity index (χ0) is 16.7. The van der Waals surface area contributed by atoms with Crippen molar-refractivity contribution in [3.63, 3.8) is 0 Å². The van der Waals surface area contributed by atoms with Gasteiger partial charge in [-0.25, -0.2) is 4.79 Å². The number of likely N-dealkylation sites (N-methyl/N-ethyl adjacent to an activating group) is 1. The standard InChI is InChI=1S/C16H21N3O4/c1-12-8-15(23-18-12)17-16(21)19(2)9-14(20)11-22-10-13-6-4-3-5-7-13/h3-8,14,20H,9-11H2,1-2H3,(H,17,21)/t14-/m1/s1. The van der Waals surface area contributed by atoms with E-state index in [0.717, 1.165) is 5.56 Å². The summed E-state index contributed by atoms with van der Waals surface area (Å²) in [4.78, 5) is 13.3. The first-order valence-corrected chi connectivity index (χ1v) is 7.30. The van der Waals surface area contributed by atoms with Crippen molar-refractivity contribution >= 4 is 11.9 Å². The Kier molecular flexibility index (Phi) is 6.13. The molecule has 2 aromatic rings. The summed E-state index contributed by atoms with van der Waals surface area (Å²) in [6.07, 6.45) is -0.772. The molecule has 0 spiro atoms. The average Bonchev–Trinajstić information content (AvgIpc) is 2.93. The third kappa shape index (κ3) is 5.72. The van der Waals surface area contributed by atoms with Crippen LogP contribution >= 0.6 is 0 Å². The molecule has 7 nitrogen and oxygen atoms in total. The Hall–Kier alpha value is -2.38. The van der Waals surface area contributed by atoms with E-state index in [1.165, 1.54) is 4.90 Å². The van der Waals surface area contributed by atoms with Crippen molar-refractivity contribution in [3.05, 3.63) is 47.7 Å².